The molecule has 7 heteroatoms. The van der Waals surface area contributed by atoms with Crippen molar-refractivity contribution < 1.29 is 19.1 Å². The summed E-state index contributed by atoms with van der Waals surface area (Å²) < 4.78 is 10.8. The van der Waals surface area contributed by atoms with Crippen LogP contribution in [-0.4, -0.2) is 26.0 Å². The van der Waals surface area contributed by atoms with E-state index in [4.69, 9.17) is 15.2 Å². The number of nitrogen functional groups attached to an aromatic ring is 1. The van der Waals surface area contributed by atoms with Crippen molar-refractivity contribution >= 4 is 34.8 Å². The van der Waals surface area contributed by atoms with E-state index in [9.17, 15) is 9.59 Å². The Bertz CT molecular complexity index is 1450. The van der Waals surface area contributed by atoms with Gasteiger partial charge in [0.2, 0.25) is 0 Å². The molecule has 0 bridgehead atoms. The van der Waals surface area contributed by atoms with Gasteiger partial charge in [0.1, 0.15) is 0 Å². The van der Waals surface area contributed by atoms with Crippen molar-refractivity contribution in [2.45, 2.75) is 6.54 Å². The van der Waals surface area contributed by atoms with E-state index in [1.54, 1.807) is 74.9 Å². The second-order valence-corrected chi connectivity index (χ2v) is 8.46. The summed E-state index contributed by atoms with van der Waals surface area (Å²) in [6.45, 7) is 0.284. The van der Waals surface area contributed by atoms with Gasteiger partial charge in [-0.1, -0.05) is 60.7 Å². The number of hydrogen-bond donors (Lipinski definition) is 3. The molecule has 0 heterocycles. The molecular weight excluding hydrogens is 478 g/mol. The van der Waals surface area contributed by atoms with Crippen LogP contribution in [0.25, 0.3) is 11.6 Å². The molecule has 0 saturated heterocycles. The van der Waals surface area contributed by atoms with Crippen LogP contribution in [0.4, 0.5) is 11.4 Å². The lowest BCUT2D eigenvalue weighted by atomic mass is 10.0. The summed E-state index contributed by atoms with van der Waals surface area (Å²) in [5.74, 6) is 0.597. The molecule has 0 aliphatic heterocycles. The quantitative estimate of drug-likeness (QED) is 0.160. The number of methoxy groups -OCH3 is 2. The SMILES string of the molecule is COc1ccc(C(=Cc2ccccc2)C(=O)NCc2ccc(C(=O)Nc3ccccc3N)cc2)cc1OC. The molecule has 192 valence electrons. The third-order valence-electron chi connectivity index (χ3n) is 5.93. The normalized spacial score (nSPS) is 10.9. The number of ether oxygens (including phenoxy) is 2. The summed E-state index contributed by atoms with van der Waals surface area (Å²) >= 11 is 0. The van der Waals surface area contributed by atoms with E-state index in [2.05, 4.69) is 10.6 Å². The molecule has 38 heavy (non-hydrogen) atoms. The van der Waals surface area contributed by atoms with Crippen LogP contribution in [0.1, 0.15) is 27.0 Å². The van der Waals surface area contributed by atoms with E-state index < -0.39 is 0 Å². The van der Waals surface area contributed by atoms with Gasteiger partial charge in [0.05, 0.1) is 25.6 Å². The van der Waals surface area contributed by atoms with Crippen molar-refractivity contribution in [1.29, 1.82) is 0 Å². The number of nitrogens with one attached hydrogen (secondary N) is 2. The van der Waals surface area contributed by atoms with Crippen molar-refractivity contribution in [2.24, 2.45) is 0 Å². The van der Waals surface area contributed by atoms with Crippen LogP contribution in [0.5, 0.6) is 11.5 Å². The molecule has 0 fully saturated rings. The predicted octanol–water partition coefficient (Wildman–Crippen LogP) is 5.40. The third-order valence-corrected chi connectivity index (χ3v) is 5.93. The zero-order chi connectivity index (χ0) is 26.9. The van der Waals surface area contributed by atoms with Crippen molar-refractivity contribution in [1.82, 2.24) is 5.32 Å². The Labute approximate surface area is 221 Å². The van der Waals surface area contributed by atoms with Crippen molar-refractivity contribution in [3.05, 3.63) is 119 Å². The summed E-state index contributed by atoms with van der Waals surface area (Å²) in [6, 6.07) is 29.1. The van der Waals surface area contributed by atoms with E-state index in [1.807, 2.05) is 42.5 Å². The summed E-state index contributed by atoms with van der Waals surface area (Å²) in [5.41, 5.74) is 10.4. The Hall–Kier alpha value is -5.04. The molecule has 7 nitrogen and oxygen atoms in total. The number of carbonyl (C=O) groups is 2. The Morgan fingerprint density at radius 2 is 1.45 bits per heavy atom. The maximum absolute atomic E-state index is 13.4. The molecule has 0 spiro atoms. The first-order valence-electron chi connectivity index (χ1n) is 12.0. The molecular formula is C31H29N3O4. The molecule has 0 atom stereocenters. The van der Waals surface area contributed by atoms with E-state index in [0.717, 1.165) is 11.1 Å². The van der Waals surface area contributed by atoms with E-state index in [-0.39, 0.29) is 18.4 Å². The fourth-order valence-electron chi connectivity index (χ4n) is 3.86. The number of hydrogen-bond acceptors (Lipinski definition) is 5. The van der Waals surface area contributed by atoms with Crippen molar-refractivity contribution in [3.63, 3.8) is 0 Å². The van der Waals surface area contributed by atoms with Gasteiger partial charge in [0.15, 0.2) is 11.5 Å². The summed E-state index contributed by atoms with van der Waals surface area (Å²) in [7, 11) is 3.12. The predicted molar refractivity (Wildman–Crippen MR) is 151 cm³/mol. The highest BCUT2D eigenvalue weighted by atomic mass is 16.5. The molecule has 4 N–H and O–H groups in total. The Morgan fingerprint density at radius 3 is 2.13 bits per heavy atom. The molecule has 0 radical (unpaired) electrons. The number of nitrogens with two attached hydrogens (primary N) is 1. The fraction of sp³-hybridized carbons (Fsp3) is 0.0968. The second kappa shape index (κ2) is 12.3. The summed E-state index contributed by atoms with van der Waals surface area (Å²) in [4.78, 5) is 26.0. The summed E-state index contributed by atoms with van der Waals surface area (Å²) in [6.07, 6.45) is 1.83. The average Bonchev–Trinajstić information content (AvgIpc) is 2.96. The van der Waals surface area contributed by atoms with Gasteiger partial charge in [-0.2, -0.15) is 0 Å². The van der Waals surface area contributed by atoms with Gasteiger partial charge in [-0.05, 0) is 59.2 Å². The first-order valence-corrected chi connectivity index (χ1v) is 12.0. The van der Waals surface area contributed by atoms with Crippen LogP contribution in [-0.2, 0) is 11.3 Å². The van der Waals surface area contributed by atoms with Gasteiger partial charge < -0.3 is 25.8 Å². The Kier molecular flexibility index (Phi) is 8.41. The highest BCUT2D eigenvalue weighted by molar-refractivity contribution is 6.24. The molecule has 2 amide bonds. The van der Waals surface area contributed by atoms with Gasteiger partial charge in [-0.3, -0.25) is 9.59 Å². The first kappa shape index (κ1) is 26.0. The molecule has 4 aromatic rings. The minimum absolute atomic E-state index is 0.248. The molecule has 0 unspecified atom stereocenters. The molecule has 0 aromatic heterocycles. The lowest BCUT2D eigenvalue weighted by Crippen LogP contribution is -2.24. The summed E-state index contributed by atoms with van der Waals surface area (Å²) in [5, 5.41) is 5.79. The van der Waals surface area contributed by atoms with Crippen LogP contribution >= 0.6 is 0 Å². The number of carbonyl (C=O) groups excluding carboxylic acids is 2. The second-order valence-electron chi connectivity index (χ2n) is 8.46. The smallest absolute Gasteiger partial charge is 0.255 e. The number of rotatable bonds is 9. The third kappa shape index (κ3) is 6.39. The zero-order valence-corrected chi connectivity index (χ0v) is 21.2. The van der Waals surface area contributed by atoms with Gasteiger partial charge in [-0.25, -0.2) is 0 Å². The highest BCUT2D eigenvalue weighted by Crippen LogP contribution is 2.31. The largest absolute Gasteiger partial charge is 0.493 e. The topological polar surface area (TPSA) is 103 Å². The minimum atomic E-state index is -0.264. The van der Waals surface area contributed by atoms with Crippen LogP contribution in [0.15, 0.2) is 97.1 Å². The van der Waals surface area contributed by atoms with Crippen LogP contribution in [0.2, 0.25) is 0 Å². The molecule has 0 aliphatic rings. The number of anilines is 2. The standard InChI is InChI=1S/C31H29N3O4/c1-37-28-17-16-24(19-29(28)38-2)25(18-21-8-4-3-5-9-21)31(36)33-20-22-12-14-23(15-13-22)30(35)34-27-11-7-6-10-26(27)32/h3-19H,20,32H2,1-2H3,(H,33,36)(H,34,35). The van der Waals surface area contributed by atoms with E-state index in [1.165, 1.54) is 0 Å². The monoisotopic (exact) mass is 507 g/mol. The zero-order valence-electron chi connectivity index (χ0n) is 21.2. The first-order chi connectivity index (χ1) is 18.5. The van der Waals surface area contributed by atoms with Crippen LogP contribution < -0.4 is 25.8 Å². The molecule has 0 saturated carbocycles. The highest BCUT2D eigenvalue weighted by Gasteiger charge is 2.15. The Balaban J connectivity index is 1.49. The van der Waals surface area contributed by atoms with Crippen molar-refractivity contribution in [3.8, 4) is 11.5 Å². The average molecular weight is 508 g/mol. The van der Waals surface area contributed by atoms with Gasteiger partial charge in [0, 0.05) is 17.7 Å². The van der Waals surface area contributed by atoms with E-state index >= 15 is 0 Å². The van der Waals surface area contributed by atoms with E-state index in [0.29, 0.717) is 39.6 Å². The fourth-order valence-corrected chi connectivity index (χ4v) is 3.86. The Morgan fingerprint density at radius 1 is 0.789 bits per heavy atom. The lowest BCUT2D eigenvalue weighted by molar-refractivity contribution is -0.115. The number of para-hydroxylation sites is 2. The molecule has 4 aromatic carbocycles. The number of amides is 2. The molecule has 0 aliphatic carbocycles. The van der Waals surface area contributed by atoms with Gasteiger partial charge in [-0.15, -0.1) is 0 Å². The lowest BCUT2D eigenvalue weighted by Gasteiger charge is -2.13. The maximum Gasteiger partial charge on any atom is 0.255 e. The number of benzene rings is 4. The van der Waals surface area contributed by atoms with Crippen LogP contribution in [0.3, 0.4) is 0 Å². The minimum Gasteiger partial charge on any atom is -0.493 e. The van der Waals surface area contributed by atoms with Gasteiger partial charge in [0.25, 0.3) is 11.8 Å². The van der Waals surface area contributed by atoms with Gasteiger partial charge >= 0.3 is 0 Å². The molecule has 4 rings (SSSR count). The van der Waals surface area contributed by atoms with Crippen molar-refractivity contribution in [2.75, 3.05) is 25.3 Å². The van der Waals surface area contributed by atoms with Crippen LogP contribution in [0, 0.1) is 0 Å². The maximum atomic E-state index is 13.4.